The predicted octanol–water partition coefficient (Wildman–Crippen LogP) is 3.31. The molecule has 0 radical (unpaired) electrons. The molecular formula is C26H24N4O6S. The van der Waals surface area contributed by atoms with Crippen LogP contribution in [0.15, 0.2) is 82.5 Å². The zero-order valence-corrected chi connectivity index (χ0v) is 20.9. The van der Waals surface area contributed by atoms with Crippen LogP contribution in [-0.2, 0) is 17.1 Å². The van der Waals surface area contributed by atoms with Gasteiger partial charge in [0.25, 0.3) is 21.5 Å². The predicted molar refractivity (Wildman–Crippen MR) is 138 cm³/mol. The smallest absolute Gasteiger partial charge is 0.295 e. The summed E-state index contributed by atoms with van der Waals surface area (Å²) < 4.78 is 42.5. The van der Waals surface area contributed by atoms with Gasteiger partial charge in [0.15, 0.2) is 11.5 Å². The molecule has 0 spiro atoms. The number of anilines is 2. The number of sulfonamides is 1. The lowest BCUT2D eigenvalue weighted by Crippen LogP contribution is -2.23. The maximum Gasteiger partial charge on any atom is 0.295 e. The number of nitrogens with one attached hydrogen (secondary N) is 2. The molecule has 4 aromatic rings. The third-order valence-corrected chi connectivity index (χ3v) is 7.37. The minimum Gasteiger partial charge on any atom is -0.486 e. The van der Waals surface area contributed by atoms with Crippen LogP contribution in [-0.4, -0.2) is 36.9 Å². The van der Waals surface area contributed by atoms with E-state index in [0.29, 0.717) is 36.1 Å². The number of carbonyl (C=O) groups excluding carboxylic acids is 1. The highest BCUT2D eigenvalue weighted by Gasteiger charge is 2.21. The Balaban J connectivity index is 1.38. The summed E-state index contributed by atoms with van der Waals surface area (Å²) in [6.07, 6.45) is 0. The molecule has 0 saturated heterocycles. The molecule has 11 heteroatoms. The van der Waals surface area contributed by atoms with Gasteiger partial charge in [-0.25, -0.2) is 13.1 Å². The van der Waals surface area contributed by atoms with E-state index in [1.54, 1.807) is 36.9 Å². The lowest BCUT2D eigenvalue weighted by Gasteiger charge is -2.19. The zero-order valence-electron chi connectivity index (χ0n) is 20.1. The van der Waals surface area contributed by atoms with Gasteiger partial charge in [-0.1, -0.05) is 24.3 Å². The number of carbonyl (C=O) groups is 1. The van der Waals surface area contributed by atoms with Crippen molar-refractivity contribution in [2.75, 3.05) is 23.3 Å². The number of para-hydroxylation sites is 1. The highest BCUT2D eigenvalue weighted by molar-refractivity contribution is 7.92. The van der Waals surface area contributed by atoms with E-state index in [-0.39, 0.29) is 27.4 Å². The van der Waals surface area contributed by atoms with Gasteiger partial charge in [-0.3, -0.25) is 19.0 Å². The topological polar surface area (TPSA) is 121 Å². The fraction of sp³-hybridized carbons (Fsp3) is 0.154. The minimum atomic E-state index is -3.97. The molecule has 190 valence electrons. The second-order valence-electron chi connectivity index (χ2n) is 8.38. The Kier molecular flexibility index (Phi) is 6.22. The second kappa shape index (κ2) is 9.51. The summed E-state index contributed by atoms with van der Waals surface area (Å²) in [6, 6.07) is 19.4. The molecule has 2 heterocycles. The maximum absolute atomic E-state index is 13.1. The van der Waals surface area contributed by atoms with Crippen molar-refractivity contribution in [3.05, 3.63) is 94.4 Å². The number of nitrogens with zero attached hydrogens (tertiary/aromatic N) is 2. The highest BCUT2D eigenvalue weighted by Crippen LogP contribution is 2.32. The van der Waals surface area contributed by atoms with Gasteiger partial charge in [-0.2, -0.15) is 0 Å². The summed E-state index contributed by atoms with van der Waals surface area (Å²) in [4.78, 5) is 26.1. The van der Waals surface area contributed by atoms with E-state index in [9.17, 15) is 18.0 Å². The lowest BCUT2D eigenvalue weighted by molar-refractivity contribution is 0.102. The van der Waals surface area contributed by atoms with Crippen molar-refractivity contribution < 1.29 is 22.7 Å². The van der Waals surface area contributed by atoms with Crippen molar-refractivity contribution in [3.63, 3.8) is 0 Å². The lowest BCUT2D eigenvalue weighted by atomic mass is 10.2. The molecule has 1 aromatic heterocycles. The van der Waals surface area contributed by atoms with Crippen LogP contribution in [0, 0.1) is 6.92 Å². The number of benzene rings is 3. The maximum atomic E-state index is 13.1. The van der Waals surface area contributed by atoms with Gasteiger partial charge >= 0.3 is 0 Å². The molecule has 0 atom stereocenters. The van der Waals surface area contributed by atoms with Gasteiger partial charge in [0.05, 0.1) is 16.3 Å². The van der Waals surface area contributed by atoms with E-state index in [4.69, 9.17) is 9.47 Å². The van der Waals surface area contributed by atoms with Gasteiger partial charge in [-0.05, 0) is 49.4 Å². The van der Waals surface area contributed by atoms with Crippen LogP contribution in [0.3, 0.4) is 0 Å². The van der Waals surface area contributed by atoms with Crippen LogP contribution in [0.5, 0.6) is 11.5 Å². The van der Waals surface area contributed by atoms with Crippen LogP contribution in [0.1, 0.15) is 16.1 Å². The molecular weight excluding hydrogens is 496 g/mol. The Morgan fingerprint density at radius 3 is 2.41 bits per heavy atom. The third-order valence-electron chi connectivity index (χ3n) is 5.99. The molecule has 0 unspecified atom stereocenters. The summed E-state index contributed by atoms with van der Waals surface area (Å²) in [5, 5.41) is 2.68. The molecule has 1 aliphatic heterocycles. The molecule has 0 bridgehead atoms. The summed E-state index contributed by atoms with van der Waals surface area (Å²) in [7, 11) is -2.24. The molecule has 37 heavy (non-hydrogen) atoms. The van der Waals surface area contributed by atoms with Crippen molar-refractivity contribution in [2.24, 2.45) is 7.05 Å². The molecule has 10 nitrogen and oxygen atoms in total. The first-order chi connectivity index (χ1) is 17.7. The molecule has 1 aliphatic rings. The van der Waals surface area contributed by atoms with E-state index >= 15 is 0 Å². The number of hydrogen-bond donors (Lipinski definition) is 2. The fourth-order valence-electron chi connectivity index (χ4n) is 4.03. The van der Waals surface area contributed by atoms with Gasteiger partial charge in [0.2, 0.25) is 0 Å². The number of hydrogen-bond acceptors (Lipinski definition) is 6. The van der Waals surface area contributed by atoms with Crippen LogP contribution in [0.25, 0.3) is 5.69 Å². The normalized spacial score (nSPS) is 12.7. The van der Waals surface area contributed by atoms with Gasteiger partial charge < -0.3 is 14.8 Å². The van der Waals surface area contributed by atoms with E-state index in [2.05, 4.69) is 10.0 Å². The Bertz CT molecular complexity index is 1660. The van der Waals surface area contributed by atoms with Crippen molar-refractivity contribution in [1.82, 2.24) is 9.36 Å². The van der Waals surface area contributed by atoms with Crippen LogP contribution in [0.4, 0.5) is 11.4 Å². The molecule has 1 amide bonds. The van der Waals surface area contributed by atoms with E-state index in [1.165, 1.54) is 41.1 Å². The van der Waals surface area contributed by atoms with Crippen molar-refractivity contribution in [3.8, 4) is 17.2 Å². The third kappa shape index (κ3) is 4.68. The van der Waals surface area contributed by atoms with E-state index in [1.807, 2.05) is 18.2 Å². The number of amides is 1. The summed E-state index contributed by atoms with van der Waals surface area (Å²) in [5.41, 5.74) is 1.35. The van der Waals surface area contributed by atoms with Crippen LogP contribution < -0.4 is 25.1 Å². The van der Waals surface area contributed by atoms with E-state index < -0.39 is 15.9 Å². The van der Waals surface area contributed by atoms with Crippen molar-refractivity contribution in [2.45, 2.75) is 11.8 Å². The SMILES string of the molecule is Cc1c(NC(=O)c2cccc(NS(=O)(=O)c3ccc4c(c3)OCCO4)c2)c(=O)n(-c2ccccc2)n1C. The molecule has 0 fully saturated rings. The van der Waals surface area contributed by atoms with Gasteiger partial charge in [0.1, 0.15) is 18.9 Å². The number of aromatic nitrogens is 2. The monoisotopic (exact) mass is 520 g/mol. The quantitative estimate of drug-likeness (QED) is 0.403. The second-order valence-corrected chi connectivity index (χ2v) is 10.1. The first-order valence-electron chi connectivity index (χ1n) is 11.4. The number of rotatable bonds is 6. The molecule has 2 N–H and O–H groups in total. The number of ether oxygens (including phenoxy) is 2. The largest absolute Gasteiger partial charge is 0.486 e. The first kappa shape index (κ1) is 24.2. The zero-order chi connectivity index (χ0) is 26.2. The molecule has 5 rings (SSSR count). The first-order valence-corrected chi connectivity index (χ1v) is 12.9. The summed E-state index contributed by atoms with van der Waals surface area (Å²) in [5.74, 6) is 0.277. The van der Waals surface area contributed by atoms with Gasteiger partial charge in [-0.15, -0.1) is 0 Å². The van der Waals surface area contributed by atoms with Crippen molar-refractivity contribution in [1.29, 1.82) is 0 Å². The summed E-state index contributed by atoms with van der Waals surface area (Å²) in [6.45, 7) is 2.46. The van der Waals surface area contributed by atoms with Gasteiger partial charge in [0, 0.05) is 24.4 Å². The minimum absolute atomic E-state index is 0.00650. The Hall–Kier alpha value is -4.51. The number of fused-ring (bicyclic) bond motifs is 1. The standard InChI is InChI=1S/C26H24N4O6S/c1-17-24(26(32)30(29(17)2)20-9-4-3-5-10-20)27-25(31)18-7-6-8-19(15-18)28-37(33,34)21-11-12-22-23(16-21)36-14-13-35-22/h3-12,15-16,28H,13-14H2,1-2H3,(H,27,31). The average Bonchev–Trinajstić information content (AvgIpc) is 3.11. The Morgan fingerprint density at radius 1 is 0.919 bits per heavy atom. The summed E-state index contributed by atoms with van der Waals surface area (Å²) >= 11 is 0. The van der Waals surface area contributed by atoms with Crippen molar-refractivity contribution >= 4 is 27.3 Å². The van der Waals surface area contributed by atoms with Crippen LogP contribution >= 0.6 is 0 Å². The van der Waals surface area contributed by atoms with E-state index in [0.717, 1.165) is 0 Å². The Morgan fingerprint density at radius 2 is 1.65 bits per heavy atom. The highest BCUT2D eigenvalue weighted by atomic mass is 32.2. The average molecular weight is 521 g/mol. The van der Waals surface area contributed by atoms with Crippen LogP contribution in [0.2, 0.25) is 0 Å². The molecule has 3 aromatic carbocycles. The molecule has 0 aliphatic carbocycles. The molecule has 0 saturated carbocycles. The fourth-order valence-corrected chi connectivity index (χ4v) is 5.09. The Labute approximate surface area is 213 Å².